The third kappa shape index (κ3) is 4.31. The van der Waals surface area contributed by atoms with Gasteiger partial charge in [0.1, 0.15) is 0 Å². The summed E-state index contributed by atoms with van der Waals surface area (Å²) in [5, 5.41) is 3.00. The fourth-order valence-electron chi connectivity index (χ4n) is 1.56. The molecule has 0 bridgehead atoms. The second kappa shape index (κ2) is 6.74. The summed E-state index contributed by atoms with van der Waals surface area (Å²) in [7, 11) is 1.90. The molecule has 90 valence electrons. The zero-order valence-electron chi connectivity index (χ0n) is 11.0. The summed E-state index contributed by atoms with van der Waals surface area (Å²) in [5.74, 6) is 0. The average Bonchev–Trinajstić information content (AvgIpc) is 2.36. The van der Waals surface area contributed by atoms with Crippen LogP contribution in [-0.2, 0) is 6.42 Å². The molecule has 0 atom stereocenters. The molecular formula is C16H21N. The maximum absolute atomic E-state index is 4.08. The van der Waals surface area contributed by atoms with E-state index < -0.39 is 0 Å². The lowest BCUT2D eigenvalue weighted by atomic mass is 10.0. The first-order valence-electron chi connectivity index (χ1n) is 5.97. The van der Waals surface area contributed by atoms with Crippen LogP contribution in [0.5, 0.6) is 0 Å². The predicted octanol–water partition coefficient (Wildman–Crippen LogP) is 3.94. The Morgan fingerprint density at radius 1 is 1.24 bits per heavy atom. The van der Waals surface area contributed by atoms with Crippen LogP contribution in [0.25, 0.3) is 5.57 Å². The minimum absolute atomic E-state index is 1.04. The molecule has 0 aromatic heterocycles. The van der Waals surface area contributed by atoms with Crippen LogP contribution in [0.4, 0.5) is 0 Å². The Kier molecular flexibility index (Phi) is 5.28. The lowest BCUT2D eigenvalue weighted by Crippen LogP contribution is -1.92. The SMILES string of the molecule is C=C(/C=C\C(C)=C/NC)c1ccc(CC)cc1. The fourth-order valence-corrected chi connectivity index (χ4v) is 1.56. The summed E-state index contributed by atoms with van der Waals surface area (Å²) in [5.41, 5.74) is 4.75. The molecule has 0 heterocycles. The Morgan fingerprint density at radius 2 is 1.88 bits per heavy atom. The van der Waals surface area contributed by atoms with Gasteiger partial charge >= 0.3 is 0 Å². The highest BCUT2D eigenvalue weighted by atomic mass is 14.8. The highest BCUT2D eigenvalue weighted by Crippen LogP contribution is 2.15. The molecule has 0 aliphatic rings. The molecule has 1 rings (SSSR count). The van der Waals surface area contributed by atoms with E-state index in [2.05, 4.69) is 56.1 Å². The zero-order valence-corrected chi connectivity index (χ0v) is 11.0. The predicted molar refractivity (Wildman–Crippen MR) is 76.8 cm³/mol. The summed E-state index contributed by atoms with van der Waals surface area (Å²) in [4.78, 5) is 0. The van der Waals surface area contributed by atoms with E-state index in [9.17, 15) is 0 Å². The Bertz CT molecular complexity index is 421. The summed E-state index contributed by atoms with van der Waals surface area (Å²) >= 11 is 0. The van der Waals surface area contributed by atoms with Crippen molar-refractivity contribution in [1.29, 1.82) is 0 Å². The van der Waals surface area contributed by atoms with Gasteiger partial charge in [-0.05, 0) is 41.8 Å². The molecule has 0 spiro atoms. The number of aryl methyl sites for hydroxylation is 1. The van der Waals surface area contributed by atoms with E-state index in [4.69, 9.17) is 0 Å². The van der Waals surface area contributed by atoms with Gasteiger partial charge in [-0.1, -0.05) is 49.9 Å². The van der Waals surface area contributed by atoms with E-state index in [1.165, 1.54) is 16.7 Å². The van der Waals surface area contributed by atoms with Crippen molar-refractivity contribution in [2.75, 3.05) is 7.05 Å². The van der Waals surface area contributed by atoms with Crippen molar-refractivity contribution < 1.29 is 0 Å². The molecule has 0 saturated carbocycles. The second-order valence-corrected chi connectivity index (χ2v) is 4.09. The van der Waals surface area contributed by atoms with E-state index in [0.29, 0.717) is 0 Å². The molecule has 0 fully saturated rings. The maximum Gasteiger partial charge on any atom is 0.00277 e. The van der Waals surface area contributed by atoms with Crippen molar-refractivity contribution in [3.8, 4) is 0 Å². The smallest absolute Gasteiger partial charge is 0.00277 e. The molecule has 17 heavy (non-hydrogen) atoms. The van der Waals surface area contributed by atoms with Crippen molar-refractivity contribution in [3.63, 3.8) is 0 Å². The second-order valence-electron chi connectivity index (χ2n) is 4.09. The van der Waals surface area contributed by atoms with Gasteiger partial charge < -0.3 is 5.32 Å². The minimum atomic E-state index is 1.04. The quantitative estimate of drug-likeness (QED) is 0.751. The highest BCUT2D eigenvalue weighted by Gasteiger charge is 1.95. The largest absolute Gasteiger partial charge is 0.394 e. The normalized spacial score (nSPS) is 11.8. The first-order valence-corrected chi connectivity index (χ1v) is 5.97. The number of benzene rings is 1. The Balaban J connectivity index is 2.73. The molecule has 0 amide bonds. The molecule has 0 aliphatic carbocycles. The van der Waals surface area contributed by atoms with Gasteiger partial charge in [0.25, 0.3) is 0 Å². The van der Waals surface area contributed by atoms with E-state index in [-0.39, 0.29) is 0 Å². The molecule has 0 saturated heterocycles. The summed E-state index contributed by atoms with van der Waals surface area (Å²) in [6.45, 7) is 8.30. The summed E-state index contributed by atoms with van der Waals surface area (Å²) < 4.78 is 0. The fraction of sp³-hybridized carbons (Fsp3) is 0.250. The van der Waals surface area contributed by atoms with Crippen molar-refractivity contribution >= 4 is 5.57 Å². The van der Waals surface area contributed by atoms with Gasteiger partial charge in [0.15, 0.2) is 0 Å². The maximum atomic E-state index is 4.08. The van der Waals surface area contributed by atoms with Crippen molar-refractivity contribution in [2.24, 2.45) is 0 Å². The van der Waals surface area contributed by atoms with Gasteiger partial charge in [0.05, 0.1) is 0 Å². The van der Waals surface area contributed by atoms with Gasteiger partial charge in [-0.2, -0.15) is 0 Å². The van der Waals surface area contributed by atoms with Crippen LogP contribution in [0, 0.1) is 0 Å². The van der Waals surface area contributed by atoms with Crippen LogP contribution >= 0.6 is 0 Å². The molecule has 0 radical (unpaired) electrons. The molecule has 1 aromatic carbocycles. The third-order valence-electron chi connectivity index (χ3n) is 2.65. The van der Waals surface area contributed by atoms with Crippen LogP contribution in [0.15, 0.2) is 54.8 Å². The van der Waals surface area contributed by atoms with Crippen molar-refractivity contribution in [3.05, 3.63) is 65.9 Å². The van der Waals surface area contributed by atoms with Crippen LogP contribution in [0.1, 0.15) is 25.0 Å². The van der Waals surface area contributed by atoms with Crippen LogP contribution in [0.2, 0.25) is 0 Å². The summed E-state index contributed by atoms with van der Waals surface area (Å²) in [6, 6.07) is 8.57. The molecule has 0 unspecified atom stereocenters. The topological polar surface area (TPSA) is 12.0 Å². The molecule has 1 heteroatoms. The first-order chi connectivity index (χ1) is 8.17. The first kappa shape index (κ1) is 13.3. The number of nitrogens with one attached hydrogen (secondary N) is 1. The van der Waals surface area contributed by atoms with Crippen LogP contribution < -0.4 is 5.32 Å². The Labute approximate surface area is 105 Å². The average molecular weight is 227 g/mol. The van der Waals surface area contributed by atoms with Gasteiger partial charge in [-0.15, -0.1) is 0 Å². The minimum Gasteiger partial charge on any atom is -0.394 e. The van der Waals surface area contributed by atoms with E-state index in [1.807, 2.05) is 19.3 Å². The monoisotopic (exact) mass is 227 g/mol. The van der Waals surface area contributed by atoms with Crippen LogP contribution in [-0.4, -0.2) is 7.05 Å². The van der Waals surface area contributed by atoms with E-state index >= 15 is 0 Å². The van der Waals surface area contributed by atoms with E-state index in [1.54, 1.807) is 0 Å². The Hall–Kier alpha value is -1.76. The van der Waals surface area contributed by atoms with Gasteiger partial charge in [-0.25, -0.2) is 0 Å². The Morgan fingerprint density at radius 3 is 2.41 bits per heavy atom. The number of hydrogen-bond donors (Lipinski definition) is 1. The van der Waals surface area contributed by atoms with Gasteiger partial charge in [0.2, 0.25) is 0 Å². The number of rotatable bonds is 5. The third-order valence-corrected chi connectivity index (χ3v) is 2.65. The summed E-state index contributed by atoms with van der Waals surface area (Å²) in [6.07, 6.45) is 7.15. The lowest BCUT2D eigenvalue weighted by Gasteiger charge is -2.02. The lowest BCUT2D eigenvalue weighted by molar-refractivity contribution is 1.08. The van der Waals surface area contributed by atoms with E-state index in [0.717, 1.165) is 12.0 Å². The zero-order chi connectivity index (χ0) is 12.7. The molecule has 1 N–H and O–H groups in total. The van der Waals surface area contributed by atoms with Gasteiger partial charge in [0, 0.05) is 7.05 Å². The van der Waals surface area contributed by atoms with Crippen molar-refractivity contribution in [1.82, 2.24) is 5.32 Å². The van der Waals surface area contributed by atoms with Gasteiger partial charge in [-0.3, -0.25) is 0 Å². The van der Waals surface area contributed by atoms with Crippen LogP contribution in [0.3, 0.4) is 0 Å². The number of hydrogen-bond acceptors (Lipinski definition) is 1. The standard InChI is InChI=1S/C16H21N/c1-5-15-8-10-16(11-9-15)14(3)7-6-13(2)12-17-4/h6-12,17H,3,5H2,1-2,4H3/b7-6-,13-12-. The molecule has 1 aromatic rings. The van der Waals surface area contributed by atoms with Crippen molar-refractivity contribution in [2.45, 2.75) is 20.3 Å². The molecular weight excluding hydrogens is 206 g/mol. The number of allylic oxidation sites excluding steroid dienone is 4. The molecule has 0 aliphatic heterocycles. The highest BCUT2D eigenvalue weighted by molar-refractivity contribution is 5.72. The molecule has 1 nitrogen and oxygen atoms in total.